The minimum Gasteiger partial charge on any atom is -0.326 e. The fourth-order valence-electron chi connectivity index (χ4n) is 3.18. The molecule has 3 nitrogen and oxygen atoms in total. The molecule has 3 aromatic rings. The van der Waals surface area contributed by atoms with E-state index in [1.165, 1.54) is 29.6 Å². The summed E-state index contributed by atoms with van der Waals surface area (Å²) in [6.45, 7) is 2.72. The fraction of sp³-hybridized carbons (Fsp3) is 0.136. The number of nitrogens with one attached hydrogen (secondary N) is 1. The van der Waals surface area contributed by atoms with Crippen LogP contribution in [0, 0.1) is 12.7 Å². The monoisotopic (exact) mass is 378 g/mol. The van der Waals surface area contributed by atoms with Crippen LogP contribution in [0.3, 0.4) is 0 Å². The number of nitrogens with zero attached hydrogens (tertiary/aromatic N) is 1. The van der Waals surface area contributed by atoms with Crippen LogP contribution in [-0.4, -0.2) is 12.5 Å². The van der Waals surface area contributed by atoms with E-state index in [1.54, 1.807) is 12.1 Å². The number of amides is 1. The first kappa shape index (κ1) is 17.6. The first-order valence-electron chi connectivity index (χ1n) is 8.81. The highest BCUT2D eigenvalue weighted by atomic mass is 32.2. The van der Waals surface area contributed by atoms with E-state index >= 15 is 0 Å². The Hall–Kier alpha value is -2.79. The van der Waals surface area contributed by atoms with E-state index in [4.69, 9.17) is 0 Å². The molecule has 1 aliphatic rings. The smallest absolute Gasteiger partial charge is 0.258 e. The lowest BCUT2D eigenvalue weighted by Crippen LogP contribution is -2.28. The third-order valence-electron chi connectivity index (χ3n) is 4.69. The van der Waals surface area contributed by atoms with Crippen molar-refractivity contribution in [3.05, 3.63) is 89.2 Å². The van der Waals surface area contributed by atoms with Crippen LogP contribution < -0.4 is 9.62 Å². The number of hydrogen-bond donors (Lipinski definition) is 1. The van der Waals surface area contributed by atoms with Crippen LogP contribution in [-0.2, 0) is 6.42 Å². The Labute approximate surface area is 162 Å². The maximum absolute atomic E-state index is 13.0. The maximum atomic E-state index is 13.0. The number of fused-ring (bicyclic) bond motifs is 1. The highest BCUT2D eigenvalue weighted by Gasteiger charge is 2.25. The zero-order valence-electron chi connectivity index (χ0n) is 14.9. The lowest BCUT2D eigenvalue weighted by molar-refractivity contribution is 0.0989. The summed E-state index contributed by atoms with van der Waals surface area (Å²) in [5.41, 5.74) is 4.77. The molecule has 5 heteroatoms. The van der Waals surface area contributed by atoms with Gasteiger partial charge in [-0.2, -0.15) is 0 Å². The molecule has 0 fully saturated rings. The predicted molar refractivity (Wildman–Crippen MR) is 109 cm³/mol. The van der Waals surface area contributed by atoms with Gasteiger partial charge in [-0.05, 0) is 78.9 Å². The molecule has 0 radical (unpaired) electrons. The number of aryl methyl sites for hydroxylation is 1. The minimum absolute atomic E-state index is 0.0172. The Bertz CT molecular complexity index is 988. The summed E-state index contributed by atoms with van der Waals surface area (Å²) < 4.78 is 16.2. The topological polar surface area (TPSA) is 32.3 Å². The first-order chi connectivity index (χ1) is 13.1. The molecule has 1 heterocycles. The Balaban J connectivity index is 1.53. The second-order valence-electron chi connectivity index (χ2n) is 6.53. The summed E-state index contributed by atoms with van der Waals surface area (Å²) in [5, 5.41) is 0. The summed E-state index contributed by atoms with van der Waals surface area (Å²) in [7, 11) is 0. The maximum Gasteiger partial charge on any atom is 0.258 e. The van der Waals surface area contributed by atoms with Gasteiger partial charge in [-0.25, -0.2) is 4.39 Å². The summed E-state index contributed by atoms with van der Waals surface area (Å²) >= 11 is 1.42. The highest BCUT2D eigenvalue weighted by molar-refractivity contribution is 8.00. The van der Waals surface area contributed by atoms with Crippen LogP contribution in [0.2, 0.25) is 0 Å². The van der Waals surface area contributed by atoms with Gasteiger partial charge in [-0.1, -0.05) is 24.3 Å². The Morgan fingerprint density at radius 2 is 1.85 bits per heavy atom. The molecule has 1 aliphatic heterocycles. The summed E-state index contributed by atoms with van der Waals surface area (Å²) in [4.78, 5) is 15.9. The van der Waals surface area contributed by atoms with Crippen LogP contribution >= 0.6 is 11.9 Å². The minimum atomic E-state index is -0.264. The Morgan fingerprint density at radius 3 is 2.67 bits per heavy atom. The van der Waals surface area contributed by atoms with Gasteiger partial charge < -0.3 is 9.62 Å². The van der Waals surface area contributed by atoms with Crippen LogP contribution in [0.15, 0.2) is 71.6 Å². The summed E-state index contributed by atoms with van der Waals surface area (Å²) in [5.74, 6) is -0.246. The number of halogens is 1. The van der Waals surface area contributed by atoms with Gasteiger partial charge in [0.2, 0.25) is 0 Å². The SMILES string of the molecule is Cc1ccc(C(=O)N2CCc3ccccc32)cc1SNc1ccc(F)cc1. The molecule has 1 amide bonds. The van der Waals surface area contributed by atoms with E-state index in [1.807, 2.05) is 48.2 Å². The van der Waals surface area contributed by atoms with Gasteiger partial charge in [0.15, 0.2) is 0 Å². The Kier molecular flexibility index (Phi) is 4.86. The van der Waals surface area contributed by atoms with E-state index in [-0.39, 0.29) is 11.7 Å². The lowest BCUT2D eigenvalue weighted by Gasteiger charge is -2.18. The molecule has 3 aromatic carbocycles. The molecule has 1 N–H and O–H groups in total. The lowest BCUT2D eigenvalue weighted by atomic mass is 10.1. The van der Waals surface area contributed by atoms with Crippen molar-refractivity contribution in [3.8, 4) is 0 Å². The fourth-order valence-corrected chi connectivity index (χ4v) is 3.96. The van der Waals surface area contributed by atoms with Gasteiger partial charge in [-0.15, -0.1) is 0 Å². The molecule has 0 atom stereocenters. The number of benzene rings is 3. The molecule has 0 saturated carbocycles. The molecule has 4 rings (SSSR count). The average molecular weight is 378 g/mol. The van der Waals surface area contributed by atoms with E-state index in [2.05, 4.69) is 10.8 Å². The van der Waals surface area contributed by atoms with Crippen molar-refractivity contribution in [3.63, 3.8) is 0 Å². The van der Waals surface area contributed by atoms with Crippen molar-refractivity contribution in [2.24, 2.45) is 0 Å². The standard InChI is InChI=1S/C22H19FN2OS/c1-15-6-7-17(14-21(15)27-24-19-10-8-18(23)9-11-19)22(26)25-13-12-16-4-2-3-5-20(16)25/h2-11,14,24H,12-13H2,1H3. The molecule has 136 valence electrons. The largest absolute Gasteiger partial charge is 0.326 e. The molecule has 0 aromatic heterocycles. The van der Waals surface area contributed by atoms with Crippen LogP contribution in [0.25, 0.3) is 0 Å². The summed E-state index contributed by atoms with van der Waals surface area (Å²) in [6.07, 6.45) is 0.890. The molecule has 0 unspecified atom stereocenters. The second kappa shape index (κ2) is 7.45. The zero-order valence-corrected chi connectivity index (χ0v) is 15.7. The van der Waals surface area contributed by atoms with Gasteiger partial charge in [0.05, 0.1) is 0 Å². The highest BCUT2D eigenvalue weighted by Crippen LogP contribution is 2.31. The molecule has 0 aliphatic carbocycles. The third kappa shape index (κ3) is 3.69. The predicted octanol–water partition coefficient (Wildman–Crippen LogP) is 5.46. The average Bonchev–Trinajstić information content (AvgIpc) is 3.12. The van der Waals surface area contributed by atoms with Gasteiger partial charge in [0, 0.05) is 28.4 Å². The van der Waals surface area contributed by atoms with Gasteiger partial charge in [0.25, 0.3) is 5.91 Å². The van der Waals surface area contributed by atoms with Crippen molar-refractivity contribution in [1.29, 1.82) is 0 Å². The number of anilines is 2. The van der Waals surface area contributed by atoms with E-state index in [0.29, 0.717) is 12.1 Å². The number of hydrogen-bond acceptors (Lipinski definition) is 3. The van der Waals surface area contributed by atoms with Crippen LogP contribution in [0.5, 0.6) is 0 Å². The number of carbonyl (C=O) groups is 1. The van der Waals surface area contributed by atoms with Gasteiger partial charge in [0.1, 0.15) is 5.82 Å². The summed E-state index contributed by atoms with van der Waals surface area (Å²) in [6, 6.07) is 20.0. The molecular formula is C22H19FN2OS. The van der Waals surface area contributed by atoms with Crippen molar-refractivity contribution in [1.82, 2.24) is 0 Å². The first-order valence-corrected chi connectivity index (χ1v) is 9.62. The van der Waals surface area contributed by atoms with Gasteiger partial charge in [-0.3, -0.25) is 4.79 Å². The van der Waals surface area contributed by atoms with Crippen molar-refractivity contribution >= 4 is 29.2 Å². The van der Waals surface area contributed by atoms with Crippen molar-refractivity contribution in [2.75, 3.05) is 16.2 Å². The van der Waals surface area contributed by atoms with Crippen LogP contribution in [0.1, 0.15) is 21.5 Å². The van der Waals surface area contributed by atoms with Gasteiger partial charge >= 0.3 is 0 Å². The van der Waals surface area contributed by atoms with Crippen molar-refractivity contribution in [2.45, 2.75) is 18.2 Å². The zero-order chi connectivity index (χ0) is 18.8. The Morgan fingerprint density at radius 1 is 1.07 bits per heavy atom. The molecule has 0 spiro atoms. The van der Waals surface area contributed by atoms with E-state index in [0.717, 1.165) is 28.3 Å². The molecular weight excluding hydrogens is 359 g/mol. The van der Waals surface area contributed by atoms with Crippen molar-refractivity contribution < 1.29 is 9.18 Å². The molecule has 0 bridgehead atoms. The van der Waals surface area contributed by atoms with E-state index in [9.17, 15) is 9.18 Å². The number of carbonyl (C=O) groups excluding carboxylic acids is 1. The van der Waals surface area contributed by atoms with E-state index < -0.39 is 0 Å². The number of rotatable bonds is 4. The molecule has 27 heavy (non-hydrogen) atoms. The van der Waals surface area contributed by atoms with Crippen LogP contribution in [0.4, 0.5) is 15.8 Å². The molecule has 0 saturated heterocycles. The number of para-hydroxylation sites is 1. The second-order valence-corrected chi connectivity index (χ2v) is 7.37. The quantitative estimate of drug-likeness (QED) is 0.612. The normalized spacial score (nSPS) is 12.7. The third-order valence-corrected chi connectivity index (χ3v) is 5.69.